The molecular formula is C21H18ClN3O2S. The molecule has 0 saturated carbocycles. The van der Waals surface area contributed by atoms with Crippen molar-refractivity contribution in [3.05, 3.63) is 82.2 Å². The van der Waals surface area contributed by atoms with Gasteiger partial charge >= 0.3 is 0 Å². The van der Waals surface area contributed by atoms with E-state index in [0.717, 1.165) is 22.7 Å². The van der Waals surface area contributed by atoms with Crippen LogP contribution < -0.4 is 10.2 Å². The average molecular weight is 412 g/mol. The van der Waals surface area contributed by atoms with E-state index >= 15 is 0 Å². The highest BCUT2D eigenvalue weighted by Gasteiger charge is 2.33. The first-order chi connectivity index (χ1) is 13.5. The van der Waals surface area contributed by atoms with E-state index in [1.807, 2.05) is 50.3 Å². The summed E-state index contributed by atoms with van der Waals surface area (Å²) < 4.78 is 7.60. The number of rotatable bonds is 4. The Morgan fingerprint density at radius 2 is 2.00 bits per heavy atom. The molecular weight excluding hydrogens is 394 g/mol. The first-order valence-corrected chi connectivity index (χ1v) is 9.55. The van der Waals surface area contributed by atoms with Crippen molar-refractivity contribution >= 4 is 46.6 Å². The third-order valence-electron chi connectivity index (χ3n) is 4.78. The van der Waals surface area contributed by atoms with E-state index in [-0.39, 0.29) is 5.91 Å². The summed E-state index contributed by atoms with van der Waals surface area (Å²) in [5, 5.41) is 3.80. The summed E-state index contributed by atoms with van der Waals surface area (Å²) in [6.45, 7) is 4.69. The van der Waals surface area contributed by atoms with E-state index in [0.29, 0.717) is 28.1 Å². The number of anilines is 1. The summed E-state index contributed by atoms with van der Waals surface area (Å²) in [7, 11) is 0. The van der Waals surface area contributed by atoms with Crippen molar-refractivity contribution in [3.8, 4) is 0 Å². The third kappa shape index (κ3) is 3.25. The highest BCUT2D eigenvalue weighted by atomic mass is 35.5. The van der Waals surface area contributed by atoms with Crippen molar-refractivity contribution in [1.82, 2.24) is 9.88 Å². The van der Waals surface area contributed by atoms with Gasteiger partial charge in [0.2, 0.25) is 0 Å². The van der Waals surface area contributed by atoms with Gasteiger partial charge in [-0.05, 0) is 68.0 Å². The minimum atomic E-state index is -0.228. The first kappa shape index (κ1) is 18.5. The molecule has 1 amide bonds. The van der Waals surface area contributed by atoms with Crippen LogP contribution in [0, 0.1) is 13.8 Å². The Kier molecular flexibility index (Phi) is 4.83. The van der Waals surface area contributed by atoms with Crippen LogP contribution in [0.25, 0.3) is 6.08 Å². The SMILES string of the molecule is Cc1cc(/C=C2\NC(=S)N(c3ccccc3Cl)C2=O)c(C)n1Cc1ccco1. The number of aromatic nitrogens is 1. The van der Waals surface area contributed by atoms with E-state index in [9.17, 15) is 4.79 Å². The van der Waals surface area contributed by atoms with Crippen LogP contribution in [0.15, 0.2) is 58.8 Å². The first-order valence-electron chi connectivity index (χ1n) is 8.76. The van der Waals surface area contributed by atoms with Crippen molar-refractivity contribution in [1.29, 1.82) is 0 Å². The lowest BCUT2D eigenvalue weighted by Crippen LogP contribution is -2.30. The molecule has 0 radical (unpaired) electrons. The van der Waals surface area contributed by atoms with E-state index in [1.165, 1.54) is 4.90 Å². The lowest BCUT2D eigenvalue weighted by Gasteiger charge is -2.15. The van der Waals surface area contributed by atoms with Gasteiger partial charge in [0.25, 0.3) is 5.91 Å². The molecule has 0 spiro atoms. The van der Waals surface area contributed by atoms with Gasteiger partial charge in [-0.25, -0.2) is 0 Å². The third-order valence-corrected chi connectivity index (χ3v) is 5.38. The second-order valence-corrected chi connectivity index (χ2v) is 7.37. The second-order valence-electron chi connectivity index (χ2n) is 6.57. The number of thiocarbonyl (C=S) groups is 1. The summed E-state index contributed by atoms with van der Waals surface area (Å²) in [5.74, 6) is 0.649. The smallest absolute Gasteiger partial charge is 0.281 e. The lowest BCUT2D eigenvalue weighted by molar-refractivity contribution is -0.113. The Morgan fingerprint density at radius 1 is 1.21 bits per heavy atom. The molecule has 1 N–H and O–H groups in total. The Hall–Kier alpha value is -2.83. The van der Waals surface area contributed by atoms with E-state index < -0.39 is 0 Å². The number of carbonyl (C=O) groups is 1. The molecule has 0 unspecified atom stereocenters. The van der Waals surface area contributed by atoms with Gasteiger partial charge in [-0.15, -0.1) is 0 Å². The van der Waals surface area contributed by atoms with Gasteiger partial charge in [0.15, 0.2) is 5.11 Å². The number of halogens is 1. The fraction of sp³-hybridized carbons (Fsp3) is 0.143. The number of hydrogen-bond donors (Lipinski definition) is 1. The molecule has 0 bridgehead atoms. The summed E-state index contributed by atoms with van der Waals surface area (Å²) in [6, 6.07) is 13.0. The van der Waals surface area contributed by atoms with Crippen LogP contribution >= 0.6 is 23.8 Å². The second kappa shape index (κ2) is 7.30. The van der Waals surface area contributed by atoms with E-state index in [4.69, 9.17) is 28.2 Å². The van der Waals surface area contributed by atoms with Crippen LogP contribution in [0.5, 0.6) is 0 Å². The zero-order valence-electron chi connectivity index (χ0n) is 15.4. The predicted octanol–water partition coefficient (Wildman–Crippen LogP) is 4.66. The predicted molar refractivity (Wildman–Crippen MR) is 114 cm³/mol. The molecule has 1 fully saturated rings. The number of carbonyl (C=O) groups excluding carboxylic acids is 1. The van der Waals surface area contributed by atoms with Gasteiger partial charge in [0.05, 0.1) is 23.5 Å². The van der Waals surface area contributed by atoms with Gasteiger partial charge in [-0.1, -0.05) is 23.7 Å². The maximum Gasteiger partial charge on any atom is 0.281 e. The Bertz CT molecular complexity index is 1100. The fourth-order valence-corrected chi connectivity index (χ4v) is 3.83. The minimum Gasteiger partial charge on any atom is -0.467 e. The van der Waals surface area contributed by atoms with Crippen LogP contribution in [0.3, 0.4) is 0 Å². The number of amides is 1. The fourth-order valence-electron chi connectivity index (χ4n) is 3.32. The number of hydrogen-bond acceptors (Lipinski definition) is 3. The molecule has 3 aromatic rings. The molecule has 7 heteroatoms. The van der Waals surface area contributed by atoms with E-state index in [1.54, 1.807) is 18.4 Å². The highest BCUT2D eigenvalue weighted by molar-refractivity contribution is 7.80. The molecule has 28 heavy (non-hydrogen) atoms. The van der Waals surface area contributed by atoms with Crippen molar-refractivity contribution in [2.75, 3.05) is 4.90 Å². The largest absolute Gasteiger partial charge is 0.467 e. The number of aryl methyl sites for hydroxylation is 1. The maximum atomic E-state index is 13.0. The van der Waals surface area contributed by atoms with Gasteiger partial charge in [0.1, 0.15) is 11.5 Å². The molecule has 1 saturated heterocycles. The molecule has 1 aliphatic heterocycles. The van der Waals surface area contributed by atoms with Gasteiger partial charge in [-0.3, -0.25) is 9.69 Å². The average Bonchev–Trinajstić information content (AvgIpc) is 3.34. The van der Waals surface area contributed by atoms with Crippen molar-refractivity contribution in [2.45, 2.75) is 20.4 Å². The van der Waals surface area contributed by atoms with Crippen LogP contribution in [0.2, 0.25) is 5.02 Å². The maximum absolute atomic E-state index is 13.0. The van der Waals surface area contributed by atoms with Crippen molar-refractivity contribution in [2.24, 2.45) is 0 Å². The Labute approximate surface area is 173 Å². The van der Waals surface area contributed by atoms with Crippen LogP contribution in [-0.4, -0.2) is 15.6 Å². The topological polar surface area (TPSA) is 50.4 Å². The molecule has 142 valence electrons. The minimum absolute atomic E-state index is 0.228. The molecule has 1 aromatic carbocycles. The molecule has 1 aliphatic rings. The standard InChI is InChI=1S/C21H18ClN3O2S/c1-13-10-15(14(2)24(13)12-16-6-5-9-27-16)11-18-20(26)25(21(28)23-18)19-8-4-3-7-17(19)22/h3-11H,12H2,1-2H3,(H,23,28)/b18-11-. The molecule has 0 aliphatic carbocycles. The number of furan rings is 1. The van der Waals surface area contributed by atoms with Crippen LogP contribution in [-0.2, 0) is 11.3 Å². The van der Waals surface area contributed by atoms with Crippen molar-refractivity contribution in [3.63, 3.8) is 0 Å². The number of nitrogens with zero attached hydrogens (tertiary/aromatic N) is 2. The summed E-state index contributed by atoms with van der Waals surface area (Å²) >= 11 is 11.6. The number of para-hydroxylation sites is 1. The summed E-state index contributed by atoms with van der Waals surface area (Å²) in [6.07, 6.45) is 3.49. The molecule has 2 aromatic heterocycles. The lowest BCUT2D eigenvalue weighted by atomic mass is 10.2. The zero-order valence-corrected chi connectivity index (χ0v) is 17.0. The Morgan fingerprint density at radius 3 is 2.71 bits per heavy atom. The van der Waals surface area contributed by atoms with Gasteiger partial charge in [0, 0.05) is 11.4 Å². The quantitative estimate of drug-likeness (QED) is 0.501. The Balaban J connectivity index is 1.66. The van der Waals surface area contributed by atoms with Gasteiger partial charge in [-0.2, -0.15) is 0 Å². The highest BCUT2D eigenvalue weighted by Crippen LogP contribution is 2.30. The molecule has 4 rings (SSSR count). The van der Waals surface area contributed by atoms with Crippen LogP contribution in [0.1, 0.15) is 22.7 Å². The summed E-state index contributed by atoms with van der Waals surface area (Å²) in [4.78, 5) is 14.4. The van der Waals surface area contributed by atoms with Gasteiger partial charge < -0.3 is 14.3 Å². The summed E-state index contributed by atoms with van der Waals surface area (Å²) in [5.41, 5.74) is 4.06. The number of benzene rings is 1. The van der Waals surface area contributed by atoms with Crippen LogP contribution in [0.4, 0.5) is 5.69 Å². The van der Waals surface area contributed by atoms with Crippen molar-refractivity contribution < 1.29 is 9.21 Å². The number of nitrogens with one attached hydrogen (secondary N) is 1. The normalized spacial score (nSPS) is 15.5. The molecule has 0 atom stereocenters. The molecule has 3 heterocycles. The zero-order chi connectivity index (χ0) is 19.8. The van der Waals surface area contributed by atoms with E-state index in [2.05, 4.69) is 9.88 Å². The monoisotopic (exact) mass is 411 g/mol. The molecule has 5 nitrogen and oxygen atoms in total.